The molecule has 0 saturated heterocycles. The van der Waals surface area contributed by atoms with E-state index in [-0.39, 0.29) is 19.4 Å². The maximum Gasteiger partial charge on any atom is 0.469 e. The van der Waals surface area contributed by atoms with Gasteiger partial charge in [0.05, 0.1) is 6.61 Å². The average Bonchev–Trinajstić information content (AvgIpc) is 3.00. The summed E-state index contributed by atoms with van der Waals surface area (Å²) in [5.41, 5.74) is 0. The second-order valence-electron chi connectivity index (χ2n) is 12.9. The molecular formula is C36H71O8P. The van der Waals surface area contributed by atoms with E-state index in [1.54, 1.807) is 0 Å². The second-order valence-corrected chi connectivity index (χ2v) is 14.2. The summed E-state index contributed by atoms with van der Waals surface area (Å²) in [6.07, 6.45) is 32.5. The quantitative estimate of drug-likeness (QED) is 0.0391. The molecule has 0 aromatic heterocycles. The fourth-order valence-corrected chi connectivity index (χ4v) is 5.91. The first-order valence-corrected chi connectivity index (χ1v) is 20.4. The van der Waals surface area contributed by atoms with Gasteiger partial charge in [-0.1, -0.05) is 174 Å². The minimum atomic E-state index is -4.74. The molecule has 0 fully saturated rings. The van der Waals surface area contributed by atoms with Crippen LogP contribution in [-0.4, -0.2) is 41.0 Å². The fourth-order valence-electron chi connectivity index (χ4n) is 5.55. The first-order chi connectivity index (χ1) is 21.8. The van der Waals surface area contributed by atoms with Crippen LogP contribution in [0.1, 0.15) is 200 Å². The van der Waals surface area contributed by atoms with E-state index in [0.717, 1.165) is 32.1 Å². The topological polar surface area (TPSA) is 119 Å². The molecule has 0 aromatic carbocycles. The molecule has 268 valence electrons. The minimum Gasteiger partial charge on any atom is -0.462 e. The highest BCUT2D eigenvalue weighted by molar-refractivity contribution is 7.46. The molecule has 0 rings (SSSR count). The Morgan fingerprint density at radius 3 is 1.13 bits per heavy atom. The van der Waals surface area contributed by atoms with Crippen molar-refractivity contribution in [1.29, 1.82) is 0 Å². The standard InChI is InChI=1S/C36H71O8P/c1-3-5-7-9-11-13-15-17-19-21-23-25-27-29-31-36(38)44-34(33-43-45(39,40)41)32-42-35(37)30-28-26-24-22-20-18-16-14-12-10-8-6-4-2/h34H,3-33H2,1-2H3,(H2,39,40,41)/t34-/m0/s1. The van der Waals surface area contributed by atoms with Crippen molar-refractivity contribution in [2.24, 2.45) is 0 Å². The molecule has 0 spiro atoms. The number of carbonyl (C=O) groups excluding carboxylic acids is 2. The number of hydrogen-bond acceptors (Lipinski definition) is 6. The van der Waals surface area contributed by atoms with Gasteiger partial charge in [0.15, 0.2) is 6.10 Å². The molecule has 0 heterocycles. The SMILES string of the molecule is CCCCCCCCCCCCCCCCC(=O)O[C@@H](COC(=O)CCCCCCCCCCCCCCC)COP(=O)(O)O. The molecule has 0 aliphatic heterocycles. The number of phosphoric ester groups is 1. The highest BCUT2D eigenvalue weighted by Gasteiger charge is 2.22. The van der Waals surface area contributed by atoms with Gasteiger partial charge in [-0.15, -0.1) is 0 Å². The number of hydrogen-bond donors (Lipinski definition) is 2. The van der Waals surface area contributed by atoms with Crippen molar-refractivity contribution in [3.63, 3.8) is 0 Å². The lowest BCUT2D eigenvalue weighted by atomic mass is 10.0. The number of rotatable bonds is 35. The first kappa shape index (κ1) is 44.0. The molecule has 0 aromatic rings. The van der Waals surface area contributed by atoms with Gasteiger partial charge in [0.2, 0.25) is 0 Å². The molecular weight excluding hydrogens is 591 g/mol. The van der Waals surface area contributed by atoms with E-state index < -0.39 is 32.5 Å². The van der Waals surface area contributed by atoms with Crippen molar-refractivity contribution in [3.05, 3.63) is 0 Å². The van der Waals surface area contributed by atoms with E-state index in [2.05, 4.69) is 18.4 Å². The van der Waals surface area contributed by atoms with Gasteiger partial charge < -0.3 is 19.3 Å². The van der Waals surface area contributed by atoms with Crippen LogP contribution in [0.2, 0.25) is 0 Å². The summed E-state index contributed by atoms with van der Waals surface area (Å²) in [7, 11) is -4.74. The third kappa shape index (κ3) is 35.7. The number of unbranched alkanes of at least 4 members (excludes halogenated alkanes) is 25. The van der Waals surface area contributed by atoms with Crippen LogP contribution in [0.3, 0.4) is 0 Å². The molecule has 2 N–H and O–H groups in total. The average molecular weight is 663 g/mol. The molecule has 0 amide bonds. The van der Waals surface area contributed by atoms with E-state index in [0.29, 0.717) is 6.42 Å². The van der Waals surface area contributed by atoms with E-state index in [1.807, 2.05) is 0 Å². The Labute approximate surface area is 276 Å². The van der Waals surface area contributed by atoms with E-state index in [4.69, 9.17) is 19.3 Å². The van der Waals surface area contributed by atoms with Crippen molar-refractivity contribution in [2.45, 2.75) is 206 Å². The third-order valence-corrected chi connectivity index (χ3v) is 8.86. The van der Waals surface area contributed by atoms with Gasteiger partial charge in [-0.05, 0) is 12.8 Å². The van der Waals surface area contributed by atoms with Crippen LogP contribution in [0, 0.1) is 0 Å². The Balaban J connectivity index is 3.92. The summed E-state index contributed by atoms with van der Waals surface area (Å²) in [4.78, 5) is 42.6. The monoisotopic (exact) mass is 662 g/mol. The van der Waals surface area contributed by atoms with Crippen molar-refractivity contribution in [1.82, 2.24) is 0 Å². The van der Waals surface area contributed by atoms with Gasteiger partial charge in [-0.3, -0.25) is 14.1 Å². The molecule has 0 aliphatic rings. The van der Waals surface area contributed by atoms with Gasteiger partial charge in [0.1, 0.15) is 6.61 Å². The normalized spacial score (nSPS) is 12.4. The summed E-state index contributed by atoms with van der Waals surface area (Å²) in [5.74, 6) is -0.872. The highest BCUT2D eigenvalue weighted by atomic mass is 31.2. The smallest absolute Gasteiger partial charge is 0.462 e. The molecule has 0 saturated carbocycles. The summed E-state index contributed by atoms with van der Waals surface area (Å²) < 4.78 is 26.3. The molecule has 8 nitrogen and oxygen atoms in total. The van der Waals surface area contributed by atoms with Gasteiger partial charge in [0.25, 0.3) is 0 Å². The maximum atomic E-state index is 12.3. The Hall–Kier alpha value is -0.950. The zero-order valence-electron chi connectivity index (χ0n) is 29.3. The van der Waals surface area contributed by atoms with Crippen molar-refractivity contribution < 1.29 is 37.9 Å². The summed E-state index contributed by atoms with van der Waals surface area (Å²) in [5, 5.41) is 0. The van der Waals surface area contributed by atoms with Gasteiger partial charge in [0, 0.05) is 12.8 Å². The van der Waals surface area contributed by atoms with Gasteiger partial charge in [-0.25, -0.2) is 4.57 Å². The zero-order valence-corrected chi connectivity index (χ0v) is 30.2. The van der Waals surface area contributed by atoms with E-state index >= 15 is 0 Å². The molecule has 0 unspecified atom stereocenters. The van der Waals surface area contributed by atoms with Gasteiger partial charge in [-0.2, -0.15) is 0 Å². The van der Waals surface area contributed by atoms with Gasteiger partial charge >= 0.3 is 19.8 Å². The number of esters is 2. The predicted octanol–water partition coefficient (Wildman–Crippen LogP) is 10.9. The summed E-state index contributed by atoms with van der Waals surface area (Å²) in [6.45, 7) is 3.69. The number of ether oxygens (including phenoxy) is 2. The summed E-state index contributed by atoms with van der Waals surface area (Å²) in [6, 6.07) is 0. The Bertz CT molecular complexity index is 711. The lowest BCUT2D eigenvalue weighted by molar-refractivity contribution is -0.161. The largest absolute Gasteiger partial charge is 0.469 e. The van der Waals surface area contributed by atoms with Crippen LogP contribution in [0.15, 0.2) is 0 Å². The molecule has 0 bridgehead atoms. The van der Waals surface area contributed by atoms with Crippen LogP contribution in [-0.2, 0) is 28.2 Å². The molecule has 9 heteroatoms. The fraction of sp³-hybridized carbons (Fsp3) is 0.944. The zero-order chi connectivity index (χ0) is 33.3. The highest BCUT2D eigenvalue weighted by Crippen LogP contribution is 2.36. The third-order valence-electron chi connectivity index (χ3n) is 8.38. The molecule has 0 radical (unpaired) electrons. The molecule has 45 heavy (non-hydrogen) atoms. The van der Waals surface area contributed by atoms with Crippen LogP contribution in [0.4, 0.5) is 0 Å². The van der Waals surface area contributed by atoms with E-state index in [9.17, 15) is 14.2 Å². The van der Waals surface area contributed by atoms with E-state index in [1.165, 1.54) is 135 Å². The van der Waals surface area contributed by atoms with Crippen LogP contribution in [0.5, 0.6) is 0 Å². The maximum absolute atomic E-state index is 12.3. The molecule has 1 atom stereocenters. The minimum absolute atomic E-state index is 0.220. The second kappa shape index (κ2) is 33.0. The molecule has 0 aliphatic carbocycles. The number of phosphoric acid groups is 1. The van der Waals surface area contributed by atoms with Crippen LogP contribution < -0.4 is 0 Å². The van der Waals surface area contributed by atoms with Crippen LogP contribution in [0.25, 0.3) is 0 Å². The Morgan fingerprint density at radius 2 is 0.800 bits per heavy atom. The van der Waals surface area contributed by atoms with Crippen molar-refractivity contribution >= 4 is 19.8 Å². The summed E-state index contributed by atoms with van der Waals surface area (Å²) >= 11 is 0. The lowest BCUT2D eigenvalue weighted by Gasteiger charge is -2.18. The Kier molecular flexibility index (Phi) is 32.3. The first-order valence-electron chi connectivity index (χ1n) is 18.8. The Morgan fingerprint density at radius 1 is 0.489 bits per heavy atom. The van der Waals surface area contributed by atoms with Crippen molar-refractivity contribution in [2.75, 3.05) is 13.2 Å². The number of carbonyl (C=O) groups is 2. The predicted molar refractivity (Wildman–Crippen MR) is 184 cm³/mol. The van der Waals surface area contributed by atoms with Crippen molar-refractivity contribution in [3.8, 4) is 0 Å². The van der Waals surface area contributed by atoms with Crippen LogP contribution >= 0.6 is 7.82 Å². The lowest BCUT2D eigenvalue weighted by Crippen LogP contribution is -2.29.